The van der Waals surface area contributed by atoms with Crippen LogP contribution in [0, 0.1) is 12.7 Å². The molecule has 0 atom stereocenters. The van der Waals surface area contributed by atoms with Gasteiger partial charge in [-0.05, 0) is 24.6 Å². The SMILES string of the molecule is CNc1ccc(COc2ccc(C)c(F)c2)cn1. The maximum atomic E-state index is 13.3. The van der Waals surface area contributed by atoms with Crippen molar-refractivity contribution in [3.8, 4) is 5.75 Å². The van der Waals surface area contributed by atoms with E-state index in [0.29, 0.717) is 17.9 Å². The molecule has 0 aliphatic carbocycles. The third-order valence-electron chi connectivity index (χ3n) is 2.63. The maximum Gasteiger partial charge on any atom is 0.129 e. The number of hydrogen-bond acceptors (Lipinski definition) is 3. The molecule has 94 valence electrons. The van der Waals surface area contributed by atoms with Gasteiger partial charge in [-0.15, -0.1) is 0 Å². The zero-order valence-electron chi connectivity index (χ0n) is 10.4. The fourth-order valence-corrected chi connectivity index (χ4v) is 1.49. The first-order valence-electron chi connectivity index (χ1n) is 5.70. The van der Waals surface area contributed by atoms with Crippen molar-refractivity contribution in [1.29, 1.82) is 0 Å². The molecule has 0 amide bonds. The van der Waals surface area contributed by atoms with Gasteiger partial charge < -0.3 is 10.1 Å². The molecule has 0 unspecified atom stereocenters. The van der Waals surface area contributed by atoms with Gasteiger partial charge in [0.25, 0.3) is 0 Å². The molecule has 0 bridgehead atoms. The van der Waals surface area contributed by atoms with Crippen molar-refractivity contribution in [3.63, 3.8) is 0 Å². The Labute approximate surface area is 106 Å². The molecule has 0 saturated carbocycles. The van der Waals surface area contributed by atoms with E-state index >= 15 is 0 Å². The van der Waals surface area contributed by atoms with Gasteiger partial charge >= 0.3 is 0 Å². The van der Waals surface area contributed by atoms with E-state index in [9.17, 15) is 4.39 Å². The predicted octanol–water partition coefficient (Wildman–Crippen LogP) is 3.15. The van der Waals surface area contributed by atoms with E-state index in [1.54, 1.807) is 25.3 Å². The van der Waals surface area contributed by atoms with Crippen LogP contribution in [0.25, 0.3) is 0 Å². The molecule has 0 spiro atoms. The molecule has 1 heterocycles. The molecule has 0 saturated heterocycles. The summed E-state index contributed by atoms with van der Waals surface area (Å²) in [6.07, 6.45) is 1.73. The summed E-state index contributed by atoms with van der Waals surface area (Å²) >= 11 is 0. The largest absolute Gasteiger partial charge is 0.489 e. The van der Waals surface area contributed by atoms with Crippen LogP contribution in [0.15, 0.2) is 36.5 Å². The van der Waals surface area contributed by atoms with Crippen LogP contribution in [0.3, 0.4) is 0 Å². The molecule has 1 N–H and O–H groups in total. The topological polar surface area (TPSA) is 34.1 Å². The number of nitrogens with zero attached hydrogens (tertiary/aromatic N) is 1. The molecule has 1 aromatic heterocycles. The van der Waals surface area contributed by atoms with Gasteiger partial charge in [-0.25, -0.2) is 9.37 Å². The normalized spacial score (nSPS) is 10.2. The highest BCUT2D eigenvalue weighted by Gasteiger charge is 2.01. The van der Waals surface area contributed by atoms with Gasteiger partial charge in [0.15, 0.2) is 0 Å². The highest BCUT2D eigenvalue weighted by Crippen LogP contribution is 2.17. The molecule has 1 aromatic carbocycles. The van der Waals surface area contributed by atoms with Crippen LogP contribution in [-0.2, 0) is 6.61 Å². The number of anilines is 1. The number of nitrogens with one attached hydrogen (secondary N) is 1. The van der Waals surface area contributed by atoms with Crippen LogP contribution in [0.4, 0.5) is 10.2 Å². The number of aromatic nitrogens is 1. The zero-order valence-corrected chi connectivity index (χ0v) is 10.4. The molecule has 2 aromatic rings. The third-order valence-corrected chi connectivity index (χ3v) is 2.63. The molecule has 18 heavy (non-hydrogen) atoms. The summed E-state index contributed by atoms with van der Waals surface area (Å²) in [5, 5.41) is 2.94. The van der Waals surface area contributed by atoms with Gasteiger partial charge in [0.1, 0.15) is 24.0 Å². The summed E-state index contributed by atoms with van der Waals surface area (Å²) in [5.41, 5.74) is 1.55. The molecule has 0 radical (unpaired) electrons. The van der Waals surface area contributed by atoms with Crippen molar-refractivity contribution in [2.45, 2.75) is 13.5 Å². The van der Waals surface area contributed by atoms with Crippen LogP contribution in [0.5, 0.6) is 5.75 Å². The van der Waals surface area contributed by atoms with Crippen LogP contribution < -0.4 is 10.1 Å². The first-order valence-corrected chi connectivity index (χ1v) is 5.70. The summed E-state index contributed by atoms with van der Waals surface area (Å²) < 4.78 is 18.8. The molecular formula is C14H15FN2O. The summed E-state index contributed by atoms with van der Waals surface area (Å²) in [6, 6.07) is 8.64. The minimum absolute atomic E-state index is 0.254. The fourth-order valence-electron chi connectivity index (χ4n) is 1.49. The Balaban J connectivity index is 1.99. The smallest absolute Gasteiger partial charge is 0.129 e. The Hall–Kier alpha value is -2.10. The van der Waals surface area contributed by atoms with Crippen molar-refractivity contribution in [2.75, 3.05) is 12.4 Å². The van der Waals surface area contributed by atoms with E-state index in [4.69, 9.17) is 4.74 Å². The van der Waals surface area contributed by atoms with Crippen molar-refractivity contribution in [1.82, 2.24) is 4.98 Å². The van der Waals surface area contributed by atoms with Gasteiger partial charge in [-0.2, -0.15) is 0 Å². The van der Waals surface area contributed by atoms with Crippen molar-refractivity contribution in [2.24, 2.45) is 0 Å². The standard InChI is InChI=1S/C14H15FN2O/c1-10-3-5-12(7-13(10)15)18-9-11-4-6-14(16-2)17-8-11/h3-8H,9H2,1-2H3,(H,16,17). The van der Waals surface area contributed by atoms with Gasteiger partial charge in [0, 0.05) is 24.9 Å². The molecule has 0 aliphatic rings. The second-order valence-corrected chi connectivity index (χ2v) is 4.00. The van der Waals surface area contributed by atoms with E-state index in [-0.39, 0.29) is 5.82 Å². The Morgan fingerprint density at radius 3 is 2.72 bits per heavy atom. The quantitative estimate of drug-likeness (QED) is 0.899. The summed E-state index contributed by atoms with van der Waals surface area (Å²) in [4.78, 5) is 4.18. The Morgan fingerprint density at radius 2 is 2.11 bits per heavy atom. The number of halogens is 1. The Kier molecular flexibility index (Phi) is 3.77. The van der Waals surface area contributed by atoms with E-state index < -0.39 is 0 Å². The van der Waals surface area contributed by atoms with Gasteiger partial charge in [-0.3, -0.25) is 0 Å². The third kappa shape index (κ3) is 2.97. The lowest BCUT2D eigenvalue weighted by Crippen LogP contribution is -1.98. The number of benzene rings is 1. The lowest BCUT2D eigenvalue weighted by atomic mass is 10.2. The predicted molar refractivity (Wildman–Crippen MR) is 69.3 cm³/mol. The average molecular weight is 246 g/mol. The number of hydrogen-bond donors (Lipinski definition) is 1. The van der Waals surface area contributed by atoms with Crippen LogP contribution in [0.1, 0.15) is 11.1 Å². The first-order chi connectivity index (χ1) is 8.69. The first kappa shape index (κ1) is 12.4. The van der Waals surface area contributed by atoms with Crippen molar-refractivity contribution >= 4 is 5.82 Å². The number of pyridine rings is 1. The second kappa shape index (κ2) is 5.49. The van der Waals surface area contributed by atoms with Gasteiger partial charge in [0.2, 0.25) is 0 Å². The van der Waals surface area contributed by atoms with Crippen LogP contribution >= 0.6 is 0 Å². The number of ether oxygens (including phenoxy) is 1. The van der Waals surface area contributed by atoms with Gasteiger partial charge in [-0.1, -0.05) is 12.1 Å². The van der Waals surface area contributed by atoms with E-state index in [1.807, 2.05) is 19.2 Å². The Morgan fingerprint density at radius 1 is 1.28 bits per heavy atom. The van der Waals surface area contributed by atoms with E-state index in [0.717, 1.165) is 11.4 Å². The van der Waals surface area contributed by atoms with Crippen molar-refractivity contribution < 1.29 is 9.13 Å². The second-order valence-electron chi connectivity index (χ2n) is 4.00. The summed E-state index contributed by atoms with van der Waals surface area (Å²) in [5.74, 6) is 1.08. The molecule has 4 heteroatoms. The molecule has 2 rings (SSSR count). The van der Waals surface area contributed by atoms with Crippen LogP contribution in [-0.4, -0.2) is 12.0 Å². The lowest BCUT2D eigenvalue weighted by molar-refractivity contribution is 0.304. The van der Waals surface area contributed by atoms with E-state index in [2.05, 4.69) is 10.3 Å². The molecule has 0 fully saturated rings. The maximum absolute atomic E-state index is 13.3. The summed E-state index contributed by atoms with van der Waals surface area (Å²) in [6.45, 7) is 2.10. The zero-order chi connectivity index (χ0) is 13.0. The Bertz CT molecular complexity index is 526. The minimum Gasteiger partial charge on any atom is -0.489 e. The fraction of sp³-hybridized carbons (Fsp3) is 0.214. The van der Waals surface area contributed by atoms with Crippen molar-refractivity contribution in [3.05, 3.63) is 53.5 Å². The molecular weight excluding hydrogens is 231 g/mol. The summed E-state index contributed by atoms with van der Waals surface area (Å²) in [7, 11) is 1.81. The lowest BCUT2D eigenvalue weighted by Gasteiger charge is -2.07. The average Bonchev–Trinajstić information content (AvgIpc) is 2.41. The minimum atomic E-state index is -0.254. The van der Waals surface area contributed by atoms with Crippen LogP contribution in [0.2, 0.25) is 0 Å². The van der Waals surface area contributed by atoms with E-state index in [1.165, 1.54) is 6.07 Å². The highest BCUT2D eigenvalue weighted by molar-refractivity contribution is 5.34. The monoisotopic (exact) mass is 246 g/mol. The highest BCUT2D eigenvalue weighted by atomic mass is 19.1. The number of aryl methyl sites for hydroxylation is 1. The van der Waals surface area contributed by atoms with Gasteiger partial charge in [0.05, 0.1) is 0 Å². The molecule has 0 aliphatic heterocycles. The molecule has 3 nitrogen and oxygen atoms in total. The number of rotatable bonds is 4.